The maximum atomic E-state index is 13.0. The smallest absolute Gasteiger partial charge is 0.258 e. The molecule has 3 heterocycles. The molecule has 0 radical (unpaired) electrons. The molecule has 0 aromatic carbocycles. The van der Waals surface area contributed by atoms with Gasteiger partial charge >= 0.3 is 0 Å². The third kappa shape index (κ3) is 2.60. The zero-order chi connectivity index (χ0) is 16.1. The number of ether oxygens (including phenoxy) is 1. The predicted molar refractivity (Wildman–Crippen MR) is 88.9 cm³/mol. The summed E-state index contributed by atoms with van der Waals surface area (Å²) in [6, 6.07) is 2.34. The number of aromatic nitrogens is 1. The van der Waals surface area contributed by atoms with E-state index in [4.69, 9.17) is 16.3 Å². The number of amides is 1. The van der Waals surface area contributed by atoms with Crippen LogP contribution in [0.2, 0.25) is 5.15 Å². The fraction of sp³-hybridized carbons (Fsp3) is 0.647. The van der Waals surface area contributed by atoms with Crippen LogP contribution in [0.3, 0.4) is 0 Å². The van der Waals surface area contributed by atoms with E-state index in [0.29, 0.717) is 36.9 Å². The van der Waals surface area contributed by atoms with Gasteiger partial charge in [0, 0.05) is 19.1 Å². The Morgan fingerprint density at radius 1 is 1.43 bits per heavy atom. The van der Waals surface area contributed by atoms with Crippen LogP contribution >= 0.6 is 11.6 Å². The van der Waals surface area contributed by atoms with Gasteiger partial charge < -0.3 is 14.5 Å². The lowest BCUT2D eigenvalue weighted by Crippen LogP contribution is -2.45. The maximum absolute atomic E-state index is 13.0. The first-order valence-electron chi connectivity index (χ1n) is 8.41. The van der Waals surface area contributed by atoms with E-state index < -0.39 is 0 Å². The van der Waals surface area contributed by atoms with Gasteiger partial charge in [-0.2, -0.15) is 0 Å². The van der Waals surface area contributed by atoms with Gasteiger partial charge in [0.2, 0.25) is 0 Å². The summed E-state index contributed by atoms with van der Waals surface area (Å²) < 4.78 is 5.51. The molecule has 0 N–H and O–H groups in total. The molecule has 0 unspecified atom stereocenters. The van der Waals surface area contributed by atoms with Crippen LogP contribution in [0.25, 0.3) is 0 Å². The van der Waals surface area contributed by atoms with Gasteiger partial charge in [0.1, 0.15) is 11.0 Å². The Kier molecular flexibility index (Phi) is 3.73. The Morgan fingerprint density at radius 3 is 2.91 bits per heavy atom. The molecule has 1 amide bonds. The molecule has 2 atom stereocenters. The molecule has 23 heavy (non-hydrogen) atoms. The predicted octanol–water partition coefficient (Wildman–Crippen LogP) is 2.71. The first-order valence-corrected chi connectivity index (χ1v) is 8.79. The summed E-state index contributed by atoms with van der Waals surface area (Å²) in [5, 5.41) is 0.464. The van der Waals surface area contributed by atoms with Gasteiger partial charge in [0.05, 0.1) is 24.8 Å². The molecule has 124 valence electrons. The third-order valence-corrected chi connectivity index (χ3v) is 5.50. The highest BCUT2D eigenvalue weighted by atomic mass is 35.5. The second kappa shape index (κ2) is 5.64. The topological polar surface area (TPSA) is 45.7 Å². The highest BCUT2D eigenvalue weighted by molar-refractivity contribution is 6.29. The zero-order valence-corrected chi connectivity index (χ0v) is 14.3. The molecule has 1 aromatic heterocycles. The minimum absolute atomic E-state index is 0.109. The Morgan fingerprint density at radius 2 is 2.22 bits per heavy atom. The second-order valence-corrected chi connectivity index (χ2v) is 7.32. The zero-order valence-electron chi connectivity index (χ0n) is 13.6. The standard InChI is InChI=1S/C17H22ClN3O2/c1-10-9-23-6-5-20(10)16-15-13(7-14(18)19-16)8-21(17(15)22)11(2)12-3-4-12/h7,10-12H,3-6,8-9H2,1-2H3/t10-,11+/m1/s1. The lowest BCUT2D eigenvalue weighted by atomic mass is 10.1. The lowest BCUT2D eigenvalue weighted by Gasteiger charge is -2.35. The molecule has 1 saturated heterocycles. The van der Waals surface area contributed by atoms with Crippen molar-refractivity contribution in [2.45, 2.75) is 45.3 Å². The minimum atomic E-state index is 0.109. The molecule has 4 rings (SSSR count). The number of nitrogens with zero attached hydrogens (tertiary/aromatic N) is 3. The average Bonchev–Trinajstić information content (AvgIpc) is 3.31. The van der Waals surface area contributed by atoms with E-state index in [1.165, 1.54) is 12.8 Å². The van der Waals surface area contributed by atoms with Gasteiger partial charge in [-0.15, -0.1) is 0 Å². The summed E-state index contributed by atoms with van der Waals surface area (Å²) in [6.45, 7) is 6.96. The van der Waals surface area contributed by atoms with Crippen LogP contribution in [0, 0.1) is 5.92 Å². The van der Waals surface area contributed by atoms with E-state index >= 15 is 0 Å². The molecule has 3 aliphatic rings. The number of carbonyl (C=O) groups excluding carboxylic acids is 1. The molecule has 6 heteroatoms. The van der Waals surface area contributed by atoms with E-state index in [-0.39, 0.29) is 11.9 Å². The fourth-order valence-corrected chi connectivity index (χ4v) is 3.93. The quantitative estimate of drug-likeness (QED) is 0.797. The molecule has 1 aromatic rings. The van der Waals surface area contributed by atoms with Gasteiger partial charge in [0.25, 0.3) is 5.91 Å². The lowest BCUT2D eigenvalue weighted by molar-refractivity contribution is 0.0696. The normalized spacial score (nSPS) is 25.7. The van der Waals surface area contributed by atoms with Crippen molar-refractivity contribution in [1.29, 1.82) is 0 Å². The molecule has 1 saturated carbocycles. The summed E-state index contributed by atoms with van der Waals surface area (Å²) in [4.78, 5) is 21.7. The molecule has 2 aliphatic heterocycles. The largest absolute Gasteiger partial charge is 0.377 e. The number of halogens is 1. The van der Waals surface area contributed by atoms with Crippen LogP contribution in [-0.2, 0) is 11.3 Å². The number of fused-ring (bicyclic) bond motifs is 1. The van der Waals surface area contributed by atoms with Gasteiger partial charge in [-0.3, -0.25) is 4.79 Å². The number of hydrogen-bond acceptors (Lipinski definition) is 4. The maximum Gasteiger partial charge on any atom is 0.258 e. The van der Waals surface area contributed by atoms with Crippen molar-refractivity contribution in [3.63, 3.8) is 0 Å². The van der Waals surface area contributed by atoms with Crippen molar-refractivity contribution < 1.29 is 9.53 Å². The van der Waals surface area contributed by atoms with Crippen LogP contribution in [0.15, 0.2) is 6.07 Å². The summed E-state index contributed by atoms with van der Waals surface area (Å²) in [7, 11) is 0. The Hall–Kier alpha value is -1.33. The van der Waals surface area contributed by atoms with Crippen LogP contribution in [0.5, 0.6) is 0 Å². The van der Waals surface area contributed by atoms with Gasteiger partial charge in [-0.05, 0) is 44.2 Å². The van der Waals surface area contributed by atoms with E-state index in [1.807, 2.05) is 11.0 Å². The number of anilines is 1. The van der Waals surface area contributed by atoms with Crippen molar-refractivity contribution in [2.75, 3.05) is 24.7 Å². The molecule has 2 fully saturated rings. The summed E-state index contributed by atoms with van der Waals surface area (Å²) in [5.74, 6) is 1.50. The highest BCUT2D eigenvalue weighted by Crippen LogP contribution is 2.40. The summed E-state index contributed by atoms with van der Waals surface area (Å²) in [5.41, 5.74) is 1.76. The number of hydrogen-bond donors (Lipinski definition) is 0. The second-order valence-electron chi connectivity index (χ2n) is 6.93. The third-order valence-electron chi connectivity index (χ3n) is 5.30. The number of rotatable bonds is 3. The van der Waals surface area contributed by atoms with Crippen molar-refractivity contribution >= 4 is 23.3 Å². The van der Waals surface area contributed by atoms with E-state index in [1.54, 1.807) is 0 Å². The highest BCUT2D eigenvalue weighted by Gasteiger charge is 2.41. The first-order chi connectivity index (χ1) is 11.1. The first kappa shape index (κ1) is 15.2. The SMILES string of the molecule is C[C@@H]1COCCN1c1nc(Cl)cc2c1C(=O)N([C@@H](C)C1CC1)C2. The number of pyridine rings is 1. The number of morpholine rings is 1. The van der Waals surface area contributed by atoms with Crippen LogP contribution in [0.1, 0.15) is 42.6 Å². The molecule has 0 spiro atoms. The van der Waals surface area contributed by atoms with Crippen molar-refractivity contribution in [1.82, 2.24) is 9.88 Å². The van der Waals surface area contributed by atoms with E-state index in [2.05, 4.69) is 23.7 Å². The van der Waals surface area contributed by atoms with Crippen LogP contribution < -0.4 is 4.90 Å². The molecule has 1 aliphatic carbocycles. The van der Waals surface area contributed by atoms with Crippen molar-refractivity contribution in [3.8, 4) is 0 Å². The molecular weight excluding hydrogens is 314 g/mol. The molecular formula is C17H22ClN3O2. The van der Waals surface area contributed by atoms with Gasteiger partial charge in [-0.1, -0.05) is 11.6 Å². The van der Waals surface area contributed by atoms with E-state index in [0.717, 1.165) is 23.5 Å². The van der Waals surface area contributed by atoms with Crippen molar-refractivity contribution in [3.05, 3.63) is 22.3 Å². The minimum Gasteiger partial charge on any atom is -0.377 e. The Balaban J connectivity index is 1.72. The average molecular weight is 336 g/mol. The van der Waals surface area contributed by atoms with E-state index in [9.17, 15) is 4.79 Å². The Labute approximate surface area is 141 Å². The van der Waals surface area contributed by atoms with Crippen molar-refractivity contribution in [2.24, 2.45) is 5.92 Å². The molecule has 0 bridgehead atoms. The number of carbonyl (C=O) groups is 1. The Bertz CT molecular complexity index is 647. The van der Waals surface area contributed by atoms with Crippen LogP contribution in [0.4, 0.5) is 5.82 Å². The van der Waals surface area contributed by atoms with Gasteiger partial charge in [0.15, 0.2) is 0 Å². The molecule has 5 nitrogen and oxygen atoms in total. The summed E-state index contributed by atoms with van der Waals surface area (Å²) >= 11 is 6.25. The summed E-state index contributed by atoms with van der Waals surface area (Å²) in [6.07, 6.45) is 2.46. The monoisotopic (exact) mass is 335 g/mol. The van der Waals surface area contributed by atoms with Gasteiger partial charge in [-0.25, -0.2) is 4.98 Å². The van der Waals surface area contributed by atoms with Crippen LogP contribution in [-0.4, -0.2) is 47.6 Å². The fourth-order valence-electron chi connectivity index (χ4n) is 3.72.